The minimum atomic E-state index is -0.763. The van der Waals surface area contributed by atoms with Gasteiger partial charge in [-0.15, -0.1) is 0 Å². The summed E-state index contributed by atoms with van der Waals surface area (Å²) in [4.78, 5) is 38.3. The fourth-order valence-electron chi connectivity index (χ4n) is 10.5. The first-order valence-corrected chi connectivity index (χ1v) is 33.2. The highest BCUT2D eigenvalue weighted by molar-refractivity contribution is 5.71. The summed E-state index contributed by atoms with van der Waals surface area (Å²) >= 11 is 0. The van der Waals surface area contributed by atoms with E-state index in [2.05, 4.69) is 34.6 Å². The van der Waals surface area contributed by atoms with Gasteiger partial charge in [-0.2, -0.15) is 0 Å². The van der Waals surface area contributed by atoms with Crippen LogP contribution in [0.1, 0.15) is 381 Å². The summed E-state index contributed by atoms with van der Waals surface area (Å²) in [6, 6.07) is 0. The first kappa shape index (κ1) is 71.4. The molecule has 0 saturated heterocycles. The molecule has 6 heteroatoms. The van der Waals surface area contributed by atoms with Gasteiger partial charge >= 0.3 is 17.9 Å². The molecule has 0 fully saturated rings. The van der Waals surface area contributed by atoms with E-state index in [0.29, 0.717) is 19.3 Å². The Labute approximate surface area is 457 Å². The molecule has 0 aliphatic heterocycles. The van der Waals surface area contributed by atoms with Gasteiger partial charge in [0, 0.05) is 19.3 Å². The molecule has 0 aliphatic carbocycles. The average Bonchev–Trinajstić information content (AvgIpc) is 3.37. The van der Waals surface area contributed by atoms with Gasteiger partial charge in [-0.3, -0.25) is 14.4 Å². The molecule has 0 aliphatic rings. The van der Waals surface area contributed by atoms with Crippen molar-refractivity contribution < 1.29 is 28.6 Å². The topological polar surface area (TPSA) is 78.9 Å². The van der Waals surface area contributed by atoms with Gasteiger partial charge in [0.05, 0.1) is 0 Å². The fraction of sp³-hybridized carbons (Fsp3) is 0.955. The standard InChI is InChI=1S/C67H130O6/c1-6-7-8-9-10-11-12-25-32-37-42-47-52-57-65(68)71-60-64(73-67(70)59-54-49-44-39-34-29-24-20-16-14-18-22-27-31-36-41-46-51-56-63(4)5)61-72-66(69)58-53-48-43-38-33-28-23-19-15-13-17-21-26-30-35-40-45-50-55-62(2)3/h62-64H,6-61H2,1-5H3/t64-/m1/s1. The third kappa shape index (κ3) is 61.1. The van der Waals surface area contributed by atoms with E-state index >= 15 is 0 Å². The number of carbonyl (C=O) groups excluding carboxylic acids is 3. The molecule has 1 atom stereocenters. The molecule has 0 saturated carbocycles. The minimum absolute atomic E-state index is 0.0615. The van der Waals surface area contributed by atoms with Crippen LogP contribution < -0.4 is 0 Å². The Bertz CT molecular complexity index is 1120. The summed E-state index contributed by atoms with van der Waals surface area (Å²) in [7, 11) is 0. The van der Waals surface area contributed by atoms with Gasteiger partial charge < -0.3 is 14.2 Å². The minimum Gasteiger partial charge on any atom is -0.462 e. The summed E-state index contributed by atoms with van der Waals surface area (Å²) in [5, 5.41) is 0. The Morgan fingerprint density at radius 2 is 0.452 bits per heavy atom. The molecular weight excluding hydrogens is 901 g/mol. The average molecular weight is 1030 g/mol. The second kappa shape index (κ2) is 59.7. The summed E-state index contributed by atoms with van der Waals surface area (Å²) in [6.45, 7) is 11.5. The van der Waals surface area contributed by atoms with Crippen molar-refractivity contribution in [3.63, 3.8) is 0 Å². The van der Waals surface area contributed by atoms with Crippen LogP contribution in [0, 0.1) is 11.8 Å². The van der Waals surface area contributed by atoms with Crippen molar-refractivity contribution in [3.05, 3.63) is 0 Å². The van der Waals surface area contributed by atoms with E-state index in [0.717, 1.165) is 69.6 Å². The Morgan fingerprint density at radius 3 is 0.671 bits per heavy atom. The quantitative estimate of drug-likeness (QED) is 0.0343. The zero-order valence-corrected chi connectivity index (χ0v) is 50.3. The second-order valence-electron chi connectivity index (χ2n) is 24.1. The van der Waals surface area contributed by atoms with E-state index in [1.807, 2.05) is 0 Å². The zero-order valence-electron chi connectivity index (χ0n) is 50.3. The van der Waals surface area contributed by atoms with Gasteiger partial charge in [0.25, 0.3) is 0 Å². The lowest BCUT2D eigenvalue weighted by Gasteiger charge is -2.18. The zero-order chi connectivity index (χ0) is 53.2. The maximum absolute atomic E-state index is 12.9. The van der Waals surface area contributed by atoms with E-state index in [9.17, 15) is 14.4 Å². The molecule has 0 aromatic rings. The van der Waals surface area contributed by atoms with Crippen LogP contribution in [0.5, 0.6) is 0 Å². The molecule has 0 aromatic heterocycles. The van der Waals surface area contributed by atoms with Crippen LogP contribution in [-0.2, 0) is 28.6 Å². The number of esters is 3. The van der Waals surface area contributed by atoms with E-state index in [1.54, 1.807) is 0 Å². The molecule has 6 nitrogen and oxygen atoms in total. The third-order valence-corrected chi connectivity index (χ3v) is 15.5. The van der Waals surface area contributed by atoms with E-state index < -0.39 is 6.10 Å². The highest BCUT2D eigenvalue weighted by Gasteiger charge is 2.19. The molecule has 0 spiro atoms. The van der Waals surface area contributed by atoms with Crippen LogP contribution in [0.25, 0.3) is 0 Å². The summed E-state index contributed by atoms with van der Waals surface area (Å²) in [6.07, 6.45) is 66.8. The van der Waals surface area contributed by atoms with Gasteiger partial charge in [-0.05, 0) is 31.1 Å². The van der Waals surface area contributed by atoms with Gasteiger partial charge in [0.2, 0.25) is 0 Å². The van der Waals surface area contributed by atoms with Gasteiger partial charge in [0.1, 0.15) is 13.2 Å². The van der Waals surface area contributed by atoms with Crippen molar-refractivity contribution in [2.45, 2.75) is 387 Å². The van der Waals surface area contributed by atoms with Gasteiger partial charge in [0.15, 0.2) is 6.10 Å². The maximum atomic E-state index is 12.9. The number of ether oxygens (including phenoxy) is 3. The molecule has 0 amide bonds. The van der Waals surface area contributed by atoms with Crippen LogP contribution in [0.15, 0.2) is 0 Å². The molecule has 434 valence electrons. The number of rotatable bonds is 61. The van der Waals surface area contributed by atoms with E-state index in [4.69, 9.17) is 14.2 Å². The third-order valence-electron chi connectivity index (χ3n) is 15.5. The van der Waals surface area contributed by atoms with Crippen molar-refractivity contribution in [2.75, 3.05) is 13.2 Å². The Balaban J connectivity index is 4.23. The first-order valence-electron chi connectivity index (χ1n) is 33.2. The highest BCUT2D eigenvalue weighted by atomic mass is 16.6. The molecule has 0 bridgehead atoms. The molecule has 0 unspecified atom stereocenters. The molecular formula is C67H130O6. The molecule has 0 N–H and O–H groups in total. The SMILES string of the molecule is CCCCCCCCCCCCCCCC(=O)OC[C@H](COC(=O)CCCCCCCCCCCCCCCCCCCCC(C)C)OC(=O)CCCCCCCCCCCCCCCCCCCCC(C)C. The molecule has 0 aromatic carbocycles. The predicted octanol–water partition coefficient (Wildman–Crippen LogP) is 22.4. The van der Waals surface area contributed by atoms with Crippen LogP contribution in [0.2, 0.25) is 0 Å². The normalized spacial score (nSPS) is 12.0. The summed E-state index contributed by atoms with van der Waals surface area (Å²) < 4.78 is 17.0. The van der Waals surface area contributed by atoms with Crippen LogP contribution in [0.3, 0.4) is 0 Å². The lowest BCUT2D eigenvalue weighted by molar-refractivity contribution is -0.167. The second-order valence-corrected chi connectivity index (χ2v) is 24.1. The number of hydrogen-bond acceptors (Lipinski definition) is 6. The van der Waals surface area contributed by atoms with Crippen molar-refractivity contribution in [3.8, 4) is 0 Å². The maximum Gasteiger partial charge on any atom is 0.306 e. The lowest BCUT2D eigenvalue weighted by atomic mass is 10.0. The van der Waals surface area contributed by atoms with Crippen LogP contribution in [0.4, 0.5) is 0 Å². The Hall–Kier alpha value is -1.59. The van der Waals surface area contributed by atoms with Crippen LogP contribution in [-0.4, -0.2) is 37.2 Å². The Morgan fingerprint density at radius 1 is 0.260 bits per heavy atom. The van der Waals surface area contributed by atoms with Crippen molar-refractivity contribution in [2.24, 2.45) is 11.8 Å². The van der Waals surface area contributed by atoms with Crippen LogP contribution >= 0.6 is 0 Å². The highest BCUT2D eigenvalue weighted by Crippen LogP contribution is 2.19. The number of carbonyl (C=O) groups is 3. The molecule has 73 heavy (non-hydrogen) atoms. The lowest BCUT2D eigenvalue weighted by Crippen LogP contribution is -2.30. The largest absolute Gasteiger partial charge is 0.462 e. The number of unbranched alkanes of at least 4 members (excludes halogenated alkanes) is 46. The van der Waals surface area contributed by atoms with E-state index in [1.165, 1.54) is 270 Å². The van der Waals surface area contributed by atoms with Crippen molar-refractivity contribution in [1.29, 1.82) is 0 Å². The molecule has 0 heterocycles. The fourth-order valence-corrected chi connectivity index (χ4v) is 10.5. The summed E-state index contributed by atoms with van der Waals surface area (Å²) in [5.41, 5.74) is 0. The van der Waals surface area contributed by atoms with E-state index in [-0.39, 0.29) is 31.1 Å². The number of hydrogen-bond donors (Lipinski definition) is 0. The van der Waals surface area contributed by atoms with Gasteiger partial charge in [-0.1, -0.05) is 343 Å². The first-order chi connectivity index (χ1) is 35.7. The smallest absolute Gasteiger partial charge is 0.306 e. The summed E-state index contributed by atoms with van der Waals surface area (Å²) in [5.74, 6) is 0.889. The van der Waals surface area contributed by atoms with Crippen molar-refractivity contribution in [1.82, 2.24) is 0 Å². The molecule has 0 rings (SSSR count). The molecule has 0 radical (unpaired) electrons. The Kier molecular flexibility index (Phi) is 58.4. The predicted molar refractivity (Wildman–Crippen MR) is 316 cm³/mol. The van der Waals surface area contributed by atoms with Gasteiger partial charge in [-0.25, -0.2) is 0 Å². The monoisotopic (exact) mass is 1030 g/mol. The van der Waals surface area contributed by atoms with Crippen molar-refractivity contribution >= 4 is 17.9 Å².